The normalized spacial score (nSPS) is 19.5. The fourth-order valence-corrected chi connectivity index (χ4v) is 5.55. The van der Waals surface area contributed by atoms with Crippen LogP contribution in [0.15, 0.2) is 48.5 Å². The number of amides is 1. The molecule has 2 aromatic rings. The fraction of sp³-hybridized carbons (Fsp3) is 0.552. The number of hydrogen-bond donors (Lipinski definition) is 0. The first-order valence-corrected chi connectivity index (χ1v) is 13.1. The van der Waals surface area contributed by atoms with Crippen molar-refractivity contribution in [3.8, 4) is 5.75 Å². The summed E-state index contributed by atoms with van der Waals surface area (Å²) in [6, 6.07) is 14.5. The molecule has 0 radical (unpaired) electrons. The molecule has 4 rings (SSSR count). The van der Waals surface area contributed by atoms with Crippen LogP contribution in [0.4, 0.5) is 4.39 Å². The number of carbonyl (C=O) groups is 1. The lowest BCUT2D eigenvalue weighted by molar-refractivity contribution is 0.0374. The Kier molecular flexibility index (Phi) is 8.60. The molecule has 0 aliphatic carbocycles. The molecule has 0 bridgehead atoms. The van der Waals surface area contributed by atoms with Gasteiger partial charge in [0, 0.05) is 31.7 Å². The molecule has 2 aliphatic heterocycles. The van der Waals surface area contributed by atoms with Crippen molar-refractivity contribution >= 4 is 5.91 Å². The van der Waals surface area contributed by atoms with Crippen molar-refractivity contribution in [1.82, 2.24) is 9.80 Å². The quantitative estimate of drug-likeness (QED) is 0.558. The molecule has 184 valence electrons. The number of para-hydroxylation sites is 1. The number of rotatable bonds is 4. The molecule has 0 N–H and O–H groups in total. The Balaban J connectivity index is 1.45. The maximum absolute atomic E-state index is 13.6. The van der Waals surface area contributed by atoms with E-state index >= 15 is 0 Å². The van der Waals surface area contributed by atoms with E-state index in [2.05, 4.69) is 36.1 Å². The van der Waals surface area contributed by atoms with E-state index in [0.29, 0.717) is 12.2 Å². The second-order valence-corrected chi connectivity index (χ2v) is 10.1. The molecular weight excluding hydrogens is 427 g/mol. The Labute approximate surface area is 204 Å². The van der Waals surface area contributed by atoms with Crippen molar-refractivity contribution in [2.24, 2.45) is 5.41 Å². The van der Waals surface area contributed by atoms with Crippen molar-refractivity contribution < 1.29 is 13.9 Å². The van der Waals surface area contributed by atoms with Gasteiger partial charge in [-0.1, -0.05) is 44.0 Å². The molecule has 1 amide bonds. The maximum Gasteiger partial charge on any atom is 0.253 e. The highest BCUT2D eigenvalue weighted by atomic mass is 19.1. The van der Waals surface area contributed by atoms with E-state index in [-0.39, 0.29) is 17.1 Å². The van der Waals surface area contributed by atoms with Crippen molar-refractivity contribution in [1.29, 1.82) is 0 Å². The van der Waals surface area contributed by atoms with E-state index in [1.165, 1.54) is 43.4 Å². The van der Waals surface area contributed by atoms with Gasteiger partial charge in [-0.2, -0.15) is 0 Å². The summed E-state index contributed by atoms with van der Waals surface area (Å²) in [5.74, 6) is 0.641. The second-order valence-electron chi connectivity index (χ2n) is 10.1. The minimum atomic E-state index is -0.353. The summed E-state index contributed by atoms with van der Waals surface area (Å²) in [6.45, 7) is 7.54. The lowest BCUT2D eigenvalue weighted by atomic mass is 9.73. The summed E-state index contributed by atoms with van der Waals surface area (Å²) in [5, 5.41) is 0. The monoisotopic (exact) mass is 466 g/mol. The van der Waals surface area contributed by atoms with Gasteiger partial charge in [-0.15, -0.1) is 0 Å². The number of benzene rings is 2. The number of hydrogen-bond acceptors (Lipinski definition) is 3. The van der Waals surface area contributed by atoms with Gasteiger partial charge in [0.25, 0.3) is 5.91 Å². The number of fused-ring (bicyclic) bond motifs is 1. The first kappa shape index (κ1) is 24.7. The third-order valence-corrected chi connectivity index (χ3v) is 7.61. The summed E-state index contributed by atoms with van der Waals surface area (Å²) in [7, 11) is 0. The molecule has 34 heavy (non-hydrogen) atoms. The SMILES string of the molecule is CCCCN1CCOc2ccccc2CCCCC2(CCN(C(=O)c3cccc(F)c3)CC2)C1. The molecule has 1 saturated heterocycles. The molecule has 2 heterocycles. The zero-order valence-corrected chi connectivity index (χ0v) is 20.6. The van der Waals surface area contributed by atoms with Crippen molar-refractivity contribution in [3.63, 3.8) is 0 Å². The maximum atomic E-state index is 13.6. The van der Waals surface area contributed by atoms with Gasteiger partial charge in [-0.3, -0.25) is 9.69 Å². The number of piperidine rings is 1. The number of carbonyl (C=O) groups excluding carboxylic acids is 1. The topological polar surface area (TPSA) is 32.8 Å². The van der Waals surface area contributed by atoms with Gasteiger partial charge in [0.05, 0.1) is 0 Å². The standard InChI is InChI=1S/C29H39FN2O2/c1-2-3-17-31-20-21-34-27-13-5-4-9-24(27)10-6-7-14-29(23-31)15-18-32(19-16-29)28(33)25-11-8-12-26(30)22-25/h4-5,8-9,11-13,22H,2-3,6-7,10,14-21,23H2,1H3. The molecule has 1 spiro atoms. The number of likely N-dealkylation sites (tertiary alicyclic amines) is 1. The highest BCUT2D eigenvalue weighted by Gasteiger charge is 2.37. The highest BCUT2D eigenvalue weighted by molar-refractivity contribution is 5.94. The van der Waals surface area contributed by atoms with Gasteiger partial charge in [0.1, 0.15) is 18.2 Å². The number of unbranched alkanes of at least 4 members (excludes halogenated alkanes) is 1. The van der Waals surface area contributed by atoms with Gasteiger partial charge in [-0.05, 0) is 80.3 Å². The van der Waals surface area contributed by atoms with Gasteiger partial charge in [0.2, 0.25) is 0 Å². The van der Waals surface area contributed by atoms with E-state index in [0.717, 1.165) is 64.2 Å². The molecular formula is C29H39FN2O2. The van der Waals surface area contributed by atoms with Crippen LogP contribution < -0.4 is 4.74 Å². The van der Waals surface area contributed by atoms with Gasteiger partial charge in [-0.25, -0.2) is 4.39 Å². The average molecular weight is 467 g/mol. The number of ether oxygens (including phenoxy) is 1. The average Bonchev–Trinajstić information content (AvgIpc) is 2.85. The third kappa shape index (κ3) is 6.38. The van der Waals surface area contributed by atoms with Crippen LogP contribution in [0.1, 0.15) is 67.8 Å². The van der Waals surface area contributed by atoms with E-state index < -0.39 is 0 Å². The molecule has 2 aromatic carbocycles. The highest BCUT2D eigenvalue weighted by Crippen LogP contribution is 2.39. The zero-order valence-electron chi connectivity index (χ0n) is 20.6. The molecule has 5 heteroatoms. The molecule has 0 aromatic heterocycles. The second kappa shape index (κ2) is 11.8. The Bertz CT molecular complexity index is 939. The third-order valence-electron chi connectivity index (χ3n) is 7.61. The number of nitrogens with zero attached hydrogens (tertiary/aromatic N) is 2. The summed E-state index contributed by atoms with van der Waals surface area (Å²) < 4.78 is 19.9. The summed E-state index contributed by atoms with van der Waals surface area (Å²) >= 11 is 0. The van der Waals surface area contributed by atoms with Crippen LogP contribution in [0.5, 0.6) is 5.75 Å². The summed E-state index contributed by atoms with van der Waals surface area (Å²) in [5.41, 5.74) is 1.99. The summed E-state index contributed by atoms with van der Waals surface area (Å²) in [4.78, 5) is 17.5. The van der Waals surface area contributed by atoms with Crippen LogP contribution in [0.2, 0.25) is 0 Å². The minimum Gasteiger partial charge on any atom is -0.492 e. The minimum absolute atomic E-state index is 0.0460. The Morgan fingerprint density at radius 2 is 1.85 bits per heavy atom. The number of halogens is 1. The van der Waals surface area contributed by atoms with Crippen LogP contribution in [0.25, 0.3) is 0 Å². The predicted molar refractivity (Wildman–Crippen MR) is 135 cm³/mol. The van der Waals surface area contributed by atoms with E-state index in [9.17, 15) is 9.18 Å². The van der Waals surface area contributed by atoms with Crippen LogP contribution in [0.3, 0.4) is 0 Å². The smallest absolute Gasteiger partial charge is 0.253 e. The van der Waals surface area contributed by atoms with E-state index in [1.54, 1.807) is 12.1 Å². The predicted octanol–water partition coefficient (Wildman–Crippen LogP) is 5.96. The molecule has 0 saturated carbocycles. The van der Waals surface area contributed by atoms with Gasteiger partial charge < -0.3 is 9.64 Å². The van der Waals surface area contributed by atoms with Crippen LogP contribution >= 0.6 is 0 Å². The van der Waals surface area contributed by atoms with Crippen molar-refractivity contribution in [2.75, 3.05) is 39.3 Å². The molecule has 4 nitrogen and oxygen atoms in total. The number of aryl methyl sites for hydroxylation is 1. The van der Waals surface area contributed by atoms with E-state index in [1.807, 2.05) is 4.90 Å². The Morgan fingerprint density at radius 1 is 1.03 bits per heavy atom. The molecule has 0 unspecified atom stereocenters. The largest absolute Gasteiger partial charge is 0.492 e. The first-order chi connectivity index (χ1) is 16.6. The van der Waals surface area contributed by atoms with Gasteiger partial charge >= 0.3 is 0 Å². The van der Waals surface area contributed by atoms with Crippen molar-refractivity contribution in [3.05, 3.63) is 65.5 Å². The molecule has 0 atom stereocenters. The van der Waals surface area contributed by atoms with Crippen molar-refractivity contribution in [2.45, 2.75) is 58.3 Å². The Hall–Kier alpha value is -2.40. The zero-order chi connectivity index (χ0) is 23.8. The molecule has 2 aliphatic rings. The van der Waals surface area contributed by atoms with Crippen LogP contribution in [-0.4, -0.2) is 55.0 Å². The van der Waals surface area contributed by atoms with E-state index in [4.69, 9.17) is 4.74 Å². The van der Waals surface area contributed by atoms with Crippen LogP contribution in [-0.2, 0) is 6.42 Å². The molecule has 1 fully saturated rings. The lowest BCUT2D eigenvalue weighted by Gasteiger charge is -2.45. The first-order valence-electron chi connectivity index (χ1n) is 13.1. The lowest BCUT2D eigenvalue weighted by Crippen LogP contribution is -2.48. The van der Waals surface area contributed by atoms with Gasteiger partial charge in [0.15, 0.2) is 0 Å². The fourth-order valence-electron chi connectivity index (χ4n) is 5.55. The Morgan fingerprint density at radius 3 is 2.65 bits per heavy atom. The van der Waals surface area contributed by atoms with Crippen LogP contribution in [0, 0.1) is 11.2 Å². The summed E-state index contributed by atoms with van der Waals surface area (Å²) in [6.07, 6.45) is 8.98.